The van der Waals surface area contributed by atoms with E-state index in [0.29, 0.717) is 11.0 Å². The molecule has 1 fully saturated rings. The van der Waals surface area contributed by atoms with Crippen LogP contribution >= 0.6 is 31.9 Å². The lowest BCUT2D eigenvalue weighted by Gasteiger charge is -2.10. The van der Waals surface area contributed by atoms with E-state index in [1.165, 1.54) is 12.8 Å². The van der Waals surface area contributed by atoms with Crippen LogP contribution in [0.2, 0.25) is 0 Å². The summed E-state index contributed by atoms with van der Waals surface area (Å²) in [5.74, 6) is 0.838. The Hall–Kier alpha value is 0.0900. The van der Waals surface area contributed by atoms with Crippen LogP contribution in [0.1, 0.15) is 31.2 Å². The van der Waals surface area contributed by atoms with Crippen molar-refractivity contribution in [3.8, 4) is 0 Å². The van der Waals surface area contributed by atoms with Crippen molar-refractivity contribution < 1.29 is 8.42 Å². The van der Waals surface area contributed by atoms with Gasteiger partial charge in [-0.3, -0.25) is 0 Å². The minimum absolute atomic E-state index is 0.288. The van der Waals surface area contributed by atoms with Crippen LogP contribution in [0.25, 0.3) is 0 Å². The molecule has 1 N–H and O–H groups in total. The van der Waals surface area contributed by atoms with Gasteiger partial charge in [0.1, 0.15) is 0 Å². The Bertz CT molecular complexity index is 568. The van der Waals surface area contributed by atoms with Crippen molar-refractivity contribution in [2.45, 2.75) is 37.5 Å². The molecule has 3 nitrogen and oxygen atoms in total. The molecule has 1 aromatic rings. The SMILES string of the molecule is Cc1cc(Br)c(S(=O)(=O)NCCCC2CC2)cc1Br. The third-order valence-electron chi connectivity index (χ3n) is 3.28. The molecule has 0 aliphatic heterocycles. The first-order valence-corrected chi connectivity index (χ1v) is 9.42. The summed E-state index contributed by atoms with van der Waals surface area (Å²) >= 11 is 6.69. The van der Waals surface area contributed by atoms with Gasteiger partial charge in [0.2, 0.25) is 10.0 Å². The van der Waals surface area contributed by atoms with E-state index in [-0.39, 0.29) is 4.90 Å². The molecule has 106 valence electrons. The zero-order chi connectivity index (χ0) is 14.0. The van der Waals surface area contributed by atoms with E-state index in [2.05, 4.69) is 36.6 Å². The van der Waals surface area contributed by atoms with Crippen molar-refractivity contribution in [2.24, 2.45) is 5.92 Å². The number of sulfonamides is 1. The molecule has 0 bridgehead atoms. The molecule has 0 saturated heterocycles. The van der Waals surface area contributed by atoms with Gasteiger partial charge in [0.05, 0.1) is 4.90 Å². The van der Waals surface area contributed by atoms with Crippen LogP contribution in [0.15, 0.2) is 26.0 Å². The Morgan fingerprint density at radius 1 is 1.26 bits per heavy atom. The molecule has 0 heterocycles. The van der Waals surface area contributed by atoms with Crippen LogP contribution in [0.5, 0.6) is 0 Å². The van der Waals surface area contributed by atoms with Crippen LogP contribution in [0.3, 0.4) is 0 Å². The fourth-order valence-corrected chi connectivity index (χ4v) is 4.66. The van der Waals surface area contributed by atoms with E-state index >= 15 is 0 Å². The topological polar surface area (TPSA) is 46.2 Å². The van der Waals surface area contributed by atoms with E-state index in [4.69, 9.17) is 0 Å². The second-order valence-electron chi connectivity index (χ2n) is 5.02. The molecule has 0 aromatic heterocycles. The third-order valence-corrected chi connectivity index (χ3v) is 6.55. The lowest BCUT2D eigenvalue weighted by atomic mass is 10.2. The molecule has 0 amide bonds. The van der Waals surface area contributed by atoms with E-state index in [1.807, 2.05) is 13.0 Å². The molecule has 1 aliphatic rings. The van der Waals surface area contributed by atoms with Gasteiger partial charge in [-0.15, -0.1) is 0 Å². The molecular weight excluding hydrogens is 394 g/mol. The number of halogens is 2. The highest BCUT2D eigenvalue weighted by atomic mass is 79.9. The summed E-state index contributed by atoms with van der Waals surface area (Å²) in [6, 6.07) is 3.45. The molecular formula is C13H17Br2NO2S. The van der Waals surface area contributed by atoms with Crippen molar-refractivity contribution >= 4 is 41.9 Å². The lowest BCUT2D eigenvalue weighted by Crippen LogP contribution is -2.25. The standard InChI is InChI=1S/C13H17Br2NO2S/c1-9-7-12(15)13(8-11(9)14)19(17,18)16-6-2-3-10-4-5-10/h7-8,10,16H,2-6H2,1H3. The summed E-state index contributed by atoms with van der Waals surface area (Å²) in [5, 5.41) is 0. The van der Waals surface area contributed by atoms with Crippen LogP contribution < -0.4 is 4.72 Å². The maximum atomic E-state index is 12.2. The minimum Gasteiger partial charge on any atom is -0.211 e. The van der Waals surface area contributed by atoms with Gasteiger partial charge in [0.15, 0.2) is 0 Å². The van der Waals surface area contributed by atoms with Gasteiger partial charge in [-0.2, -0.15) is 0 Å². The lowest BCUT2D eigenvalue weighted by molar-refractivity contribution is 0.572. The first-order valence-electron chi connectivity index (χ1n) is 6.35. The molecule has 0 unspecified atom stereocenters. The molecule has 1 aromatic carbocycles. The molecule has 2 rings (SSSR count). The summed E-state index contributed by atoms with van der Waals surface area (Å²) in [6.45, 7) is 2.44. The number of nitrogens with one attached hydrogen (secondary N) is 1. The highest BCUT2D eigenvalue weighted by Crippen LogP contribution is 2.33. The normalized spacial score (nSPS) is 15.7. The van der Waals surface area contributed by atoms with E-state index in [1.54, 1.807) is 6.07 Å². The second-order valence-corrected chi connectivity index (χ2v) is 8.46. The van der Waals surface area contributed by atoms with Gasteiger partial charge >= 0.3 is 0 Å². The molecule has 19 heavy (non-hydrogen) atoms. The van der Waals surface area contributed by atoms with Crippen LogP contribution in [-0.2, 0) is 10.0 Å². The largest absolute Gasteiger partial charge is 0.241 e. The fraction of sp³-hybridized carbons (Fsp3) is 0.538. The molecule has 0 radical (unpaired) electrons. The second kappa shape index (κ2) is 6.24. The predicted octanol–water partition coefficient (Wildman–Crippen LogP) is 3.99. The zero-order valence-electron chi connectivity index (χ0n) is 10.7. The Morgan fingerprint density at radius 3 is 2.58 bits per heavy atom. The summed E-state index contributed by atoms with van der Waals surface area (Å²) in [5.41, 5.74) is 1.000. The van der Waals surface area contributed by atoms with Crippen molar-refractivity contribution in [3.63, 3.8) is 0 Å². The van der Waals surface area contributed by atoms with Gasteiger partial charge in [0.25, 0.3) is 0 Å². The first-order chi connectivity index (χ1) is 8.90. The number of hydrogen-bond donors (Lipinski definition) is 1. The van der Waals surface area contributed by atoms with Crippen molar-refractivity contribution in [3.05, 3.63) is 26.6 Å². The molecule has 0 spiro atoms. The Kier molecular flexibility index (Phi) is 5.09. The maximum absolute atomic E-state index is 12.2. The van der Waals surface area contributed by atoms with Crippen molar-refractivity contribution in [1.82, 2.24) is 4.72 Å². The van der Waals surface area contributed by atoms with Gasteiger partial charge in [-0.1, -0.05) is 28.8 Å². The number of benzene rings is 1. The van der Waals surface area contributed by atoms with Crippen LogP contribution in [0.4, 0.5) is 0 Å². The first kappa shape index (κ1) is 15.5. The van der Waals surface area contributed by atoms with E-state index in [0.717, 1.165) is 28.8 Å². The maximum Gasteiger partial charge on any atom is 0.241 e. The number of rotatable bonds is 6. The summed E-state index contributed by atoms with van der Waals surface area (Å²) in [6.07, 6.45) is 4.66. The molecule has 1 aliphatic carbocycles. The molecule has 0 atom stereocenters. The average molecular weight is 411 g/mol. The van der Waals surface area contributed by atoms with Crippen molar-refractivity contribution in [2.75, 3.05) is 6.54 Å². The van der Waals surface area contributed by atoms with Crippen molar-refractivity contribution in [1.29, 1.82) is 0 Å². The van der Waals surface area contributed by atoms with Crippen LogP contribution in [0, 0.1) is 12.8 Å². The minimum atomic E-state index is -3.43. The summed E-state index contributed by atoms with van der Waals surface area (Å²) in [7, 11) is -3.43. The highest BCUT2D eigenvalue weighted by Gasteiger charge is 2.22. The monoisotopic (exact) mass is 409 g/mol. The summed E-state index contributed by atoms with van der Waals surface area (Å²) < 4.78 is 28.5. The number of hydrogen-bond acceptors (Lipinski definition) is 2. The smallest absolute Gasteiger partial charge is 0.211 e. The Morgan fingerprint density at radius 2 is 1.95 bits per heavy atom. The van der Waals surface area contributed by atoms with E-state index < -0.39 is 10.0 Å². The molecule has 1 saturated carbocycles. The van der Waals surface area contributed by atoms with Gasteiger partial charge in [-0.25, -0.2) is 13.1 Å². The van der Waals surface area contributed by atoms with Gasteiger partial charge < -0.3 is 0 Å². The molecule has 6 heteroatoms. The van der Waals surface area contributed by atoms with Crippen LogP contribution in [-0.4, -0.2) is 15.0 Å². The number of aryl methyl sites for hydroxylation is 1. The summed E-state index contributed by atoms with van der Waals surface area (Å²) in [4.78, 5) is 0.288. The Labute approximate surface area is 131 Å². The van der Waals surface area contributed by atoms with Gasteiger partial charge in [0, 0.05) is 15.5 Å². The average Bonchev–Trinajstić information content (AvgIpc) is 3.13. The Balaban J connectivity index is 2.03. The van der Waals surface area contributed by atoms with E-state index in [9.17, 15) is 8.42 Å². The van der Waals surface area contributed by atoms with Gasteiger partial charge in [-0.05, 0) is 59.3 Å². The highest BCUT2D eigenvalue weighted by molar-refractivity contribution is 9.11. The zero-order valence-corrected chi connectivity index (χ0v) is 14.7. The predicted molar refractivity (Wildman–Crippen MR) is 83.7 cm³/mol. The fourth-order valence-electron chi connectivity index (χ4n) is 1.92. The quantitative estimate of drug-likeness (QED) is 0.720. The third kappa shape index (κ3) is 4.28.